The summed E-state index contributed by atoms with van der Waals surface area (Å²) in [6.45, 7) is 1.74. The van der Waals surface area contributed by atoms with E-state index in [9.17, 15) is 9.59 Å². The minimum absolute atomic E-state index is 0.0707. The normalized spacial score (nSPS) is 11.8. The Bertz CT molecular complexity index is 446. The van der Waals surface area contributed by atoms with Gasteiger partial charge in [-0.05, 0) is 25.1 Å². The van der Waals surface area contributed by atoms with Crippen LogP contribution in [-0.4, -0.2) is 23.0 Å². The van der Waals surface area contributed by atoms with E-state index in [-0.39, 0.29) is 18.0 Å². The summed E-state index contributed by atoms with van der Waals surface area (Å²) >= 11 is 0. The molecule has 1 aromatic rings. The number of carbonyl (C=O) groups is 2. The van der Waals surface area contributed by atoms with Crippen molar-refractivity contribution in [3.8, 4) is 0 Å². The summed E-state index contributed by atoms with van der Waals surface area (Å²) < 4.78 is 0. The Balaban J connectivity index is 2.90. The van der Waals surface area contributed by atoms with Crippen LogP contribution in [-0.2, 0) is 4.79 Å². The molecule has 6 nitrogen and oxygen atoms in total. The minimum atomic E-state index is -1.08. The fraction of sp³-hybridized carbons (Fsp3) is 0.273. The van der Waals surface area contributed by atoms with Gasteiger partial charge in [0.05, 0.1) is 5.56 Å². The smallest absolute Gasteiger partial charge is 0.337 e. The highest BCUT2D eigenvalue weighted by molar-refractivity contribution is 5.95. The van der Waals surface area contributed by atoms with Gasteiger partial charge in [0, 0.05) is 23.8 Å². The molecule has 17 heavy (non-hydrogen) atoms. The Kier molecular flexibility index (Phi) is 3.92. The highest BCUT2D eigenvalue weighted by atomic mass is 16.4. The molecule has 0 radical (unpaired) electrons. The Morgan fingerprint density at radius 3 is 2.65 bits per heavy atom. The molecule has 0 aliphatic carbocycles. The zero-order valence-electron chi connectivity index (χ0n) is 9.43. The molecule has 0 heterocycles. The zero-order valence-corrected chi connectivity index (χ0v) is 9.43. The van der Waals surface area contributed by atoms with Gasteiger partial charge < -0.3 is 21.9 Å². The van der Waals surface area contributed by atoms with E-state index in [4.69, 9.17) is 16.6 Å². The molecule has 0 aliphatic heterocycles. The van der Waals surface area contributed by atoms with Crippen LogP contribution in [0.15, 0.2) is 18.2 Å². The third-order valence-corrected chi connectivity index (χ3v) is 2.18. The highest BCUT2D eigenvalue weighted by Crippen LogP contribution is 2.20. The van der Waals surface area contributed by atoms with Gasteiger partial charge in [-0.25, -0.2) is 4.79 Å². The number of carboxylic acids is 1. The molecule has 0 fully saturated rings. The van der Waals surface area contributed by atoms with E-state index >= 15 is 0 Å². The molecule has 0 saturated carbocycles. The van der Waals surface area contributed by atoms with Gasteiger partial charge in [-0.15, -0.1) is 0 Å². The van der Waals surface area contributed by atoms with Crippen LogP contribution in [0.2, 0.25) is 0 Å². The Morgan fingerprint density at radius 1 is 1.47 bits per heavy atom. The van der Waals surface area contributed by atoms with E-state index in [0.29, 0.717) is 11.4 Å². The number of anilines is 2. The maximum Gasteiger partial charge on any atom is 0.337 e. The van der Waals surface area contributed by atoms with E-state index in [0.717, 1.165) is 0 Å². The van der Waals surface area contributed by atoms with E-state index in [1.807, 2.05) is 0 Å². The lowest BCUT2D eigenvalue weighted by Crippen LogP contribution is -2.24. The number of carboxylic acid groups (broad SMARTS) is 1. The fourth-order valence-corrected chi connectivity index (χ4v) is 1.48. The maximum absolute atomic E-state index is 11.0. The number of hydrogen-bond donors (Lipinski definition) is 4. The molecule has 1 amide bonds. The third-order valence-electron chi connectivity index (χ3n) is 2.18. The standard InChI is InChI=1S/C11H15N3O3/c1-6(4-10(13)15)14-9-3-2-7(12)5-8(9)11(16)17/h2-3,5-6,14H,4,12H2,1H3,(H2,13,15)(H,16,17). The number of nitrogen functional groups attached to an aromatic ring is 1. The largest absolute Gasteiger partial charge is 0.478 e. The molecule has 0 bridgehead atoms. The van der Waals surface area contributed by atoms with Crippen LogP contribution in [0.5, 0.6) is 0 Å². The number of benzene rings is 1. The van der Waals surface area contributed by atoms with Gasteiger partial charge in [0.2, 0.25) is 5.91 Å². The molecule has 92 valence electrons. The minimum Gasteiger partial charge on any atom is -0.478 e. The average Bonchev–Trinajstić information content (AvgIpc) is 2.19. The summed E-state index contributed by atoms with van der Waals surface area (Å²) in [5.74, 6) is -1.52. The first-order valence-electron chi connectivity index (χ1n) is 5.08. The van der Waals surface area contributed by atoms with Crippen LogP contribution in [0.3, 0.4) is 0 Å². The van der Waals surface area contributed by atoms with E-state index in [1.165, 1.54) is 6.07 Å². The molecule has 6 N–H and O–H groups in total. The Hall–Kier alpha value is -2.24. The second-order valence-electron chi connectivity index (χ2n) is 3.83. The molecule has 1 unspecified atom stereocenters. The lowest BCUT2D eigenvalue weighted by Gasteiger charge is -2.15. The predicted molar refractivity (Wildman–Crippen MR) is 64.7 cm³/mol. The monoisotopic (exact) mass is 237 g/mol. The number of nitrogens with one attached hydrogen (secondary N) is 1. The van der Waals surface area contributed by atoms with Crippen LogP contribution in [0, 0.1) is 0 Å². The van der Waals surface area contributed by atoms with Crippen LogP contribution in [0.1, 0.15) is 23.7 Å². The van der Waals surface area contributed by atoms with Crippen LogP contribution in [0.4, 0.5) is 11.4 Å². The SMILES string of the molecule is CC(CC(N)=O)Nc1ccc(N)cc1C(=O)O. The van der Waals surface area contributed by atoms with Gasteiger partial charge in [0.1, 0.15) is 0 Å². The number of primary amides is 1. The lowest BCUT2D eigenvalue weighted by atomic mass is 10.1. The van der Waals surface area contributed by atoms with E-state index < -0.39 is 11.9 Å². The van der Waals surface area contributed by atoms with E-state index in [2.05, 4.69) is 5.32 Å². The third kappa shape index (κ3) is 3.67. The number of amides is 1. The highest BCUT2D eigenvalue weighted by Gasteiger charge is 2.13. The molecule has 1 atom stereocenters. The van der Waals surface area contributed by atoms with Crippen LogP contribution >= 0.6 is 0 Å². The quantitative estimate of drug-likeness (QED) is 0.560. The molecule has 0 spiro atoms. The summed E-state index contributed by atoms with van der Waals surface area (Å²) in [5.41, 5.74) is 11.4. The van der Waals surface area contributed by atoms with Crippen molar-refractivity contribution >= 4 is 23.3 Å². The van der Waals surface area contributed by atoms with Crippen molar-refractivity contribution in [2.45, 2.75) is 19.4 Å². The molecule has 0 aliphatic rings. The number of carbonyl (C=O) groups excluding carboxylic acids is 1. The summed E-state index contributed by atoms with van der Waals surface area (Å²) in [7, 11) is 0. The molecule has 0 aromatic heterocycles. The van der Waals surface area contributed by atoms with Gasteiger partial charge in [0.15, 0.2) is 0 Å². The lowest BCUT2D eigenvalue weighted by molar-refractivity contribution is -0.118. The van der Waals surface area contributed by atoms with Crippen molar-refractivity contribution < 1.29 is 14.7 Å². The first kappa shape index (κ1) is 12.8. The Morgan fingerprint density at radius 2 is 2.12 bits per heavy atom. The van der Waals surface area contributed by atoms with Gasteiger partial charge in [-0.1, -0.05) is 0 Å². The summed E-state index contributed by atoms with van der Waals surface area (Å²) in [4.78, 5) is 21.7. The van der Waals surface area contributed by atoms with Crippen molar-refractivity contribution in [2.24, 2.45) is 5.73 Å². The summed E-state index contributed by atoms with van der Waals surface area (Å²) in [6, 6.07) is 4.28. The van der Waals surface area contributed by atoms with Gasteiger partial charge in [0.25, 0.3) is 0 Å². The molecule has 0 saturated heterocycles. The van der Waals surface area contributed by atoms with Crippen LogP contribution in [0.25, 0.3) is 0 Å². The summed E-state index contributed by atoms with van der Waals surface area (Å²) in [5, 5.41) is 11.9. The first-order chi connectivity index (χ1) is 7.90. The number of rotatable bonds is 5. The number of hydrogen-bond acceptors (Lipinski definition) is 4. The van der Waals surface area contributed by atoms with Crippen molar-refractivity contribution in [3.63, 3.8) is 0 Å². The zero-order chi connectivity index (χ0) is 13.0. The average molecular weight is 237 g/mol. The number of aromatic carboxylic acids is 1. The van der Waals surface area contributed by atoms with Crippen molar-refractivity contribution in [1.29, 1.82) is 0 Å². The van der Waals surface area contributed by atoms with Crippen molar-refractivity contribution in [1.82, 2.24) is 0 Å². The maximum atomic E-state index is 11.0. The van der Waals surface area contributed by atoms with Crippen molar-refractivity contribution in [3.05, 3.63) is 23.8 Å². The topological polar surface area (TPSA) is 118 Å². The molecule has 6 heteroatoms. The molecule has 1 aromatic carbocycles. The van der Waals surface area contributed by atoms with Gasteiger partial charge in [-0.2, -0.15) is 0 Å². The predicted octanol–water partition coefficient (Wildman–Crippen LogP) is 0.643. The Labute approximate surface area is 98.6 Å². The van der Waals surface area contributed by atoms with Gasteiger partial charge >= 0.3 is 5.97 Å². The van der Waals surface area contributed by atoms with Gasteiger partial charge in [-0.3, -0.25) is 4.79 Å². The first-order valence-corrected chi connectivity index (χ1v) is 5.08. The number of nitrogens with two attached hydrogens (primary N) is 2. The van der Waals surface area contributed by atoms with Crippen molar-refractivity contribution in [2.75, 3.05) is 11.1 Å². The summed E-state index contributed by atoms with van der Waals surface area (Å²) in [6.07, 6.45) is 0.128. The van der Waals surface area contributed by atoms with Crippen LogP contribution < -0.4 is 16.8 Å². The second-order valence-corrected chi connectivity index (χ2v) is 3.83. The fourth-order valence-electron chi connectivity index (χ4n) is 1.48. The molecule has 1 rings (SSSR count). The second kappa shape index (κ2) is 5.20. The molecular weight excluding hydrogens is 222 g/mol. The molecular formula is C11H15N3O3. The van der Waals surface area contributed by atoms with E-state index in [1.54, 1.807) is 19.1 Å².